The molecule has 308 valence electrons. The van der Waals surface area contributed by atoms with Crippen LogP contribution in [0.25, 0.3) is 33.8 Å². The molecule has 8 aromatic rings. The summed E-state index contributed by atoms with van der Waals surface area (Å²) < 4.78 is 3.87. The van der Waals surface area contributed by atoms with Gasteiger partial charge in [0.2, 0.25) is 0 Å². The summed E-state index contributed by atoms with van der Waals surface area (Å²) in [6.45, 7) is 12.6. The SMILES string of the molecule is Cc1ccc(-c2cn3cc(C=NCC(=O)Cc4c(C)cccc4C)ccc3n2)cc1.Cc1ccc(-c2cn3cc(C=O)ccc3n2)cc1.Cc1cccc(C)c1CC(=O)CN. The van der Waals surface area contributed by atoms with Gasteiger partial charge in [0.1, 0.15) is 11.3 Å². The number of carbonyl (C=O) groups is 3. The lowest BCUT2D eigenvalue weighted by atomic mass is 9.98. The molecule has 61 heavy (non-hydrogen) atoms. The molecule has 4 heterocycles. The highest BCUT2D eigenvalue weighted by Crippen LogP contribution is 2.22. The van der Waals surface area contributed by atoms with Crippen molar-refractivity contribution in [3.63, 3.8) is 0 Å². The van der Waals surface area contributed by atoms with Crippen LogP contribution in [0.15, 0.2) is 139 Å². The van der Waals surface area contributed by atoms with Gasteiger partial charge in [-0.3, -0.25) is 19.4 Å². The molecule has 0 atom stereocenters. The third kappa shape index (κ3) is 11.6. The zero-order valence-electron chi connectivity index (χ0n) is 35.7. The summed E-state index contributed by atoms with van der Waals surface area (Å²) in [5.74, 6) is 0.214. The highest BCUT2D eigenvalue weighted by atomic mass is 16.1. The number of aldehydes is 1. The van der Waals surface area contributed by atoms with Gasteiger partial charge in [-0.2, -0.15) is 0 Å². The lowest BCUT2D eigenvalue weighted by molar-refractivity contribution is -0.117. The predicted octanol–water partition coefficient (Wildman–Crippen LogP) is 9.65. The molecule has 4 aromatic heterocycles. The van der Waals surface area contributed by atoms with E-state index in [0.29, 0.717) is 18.4 Å². The molecule has 9 heteroatoms. The van der Waals surface area contributed by atoms with Gasteiger partial charge in [-0.15, -0.1) is 0 Å². The number of nitrogens with zero attached hydrogens (tertiary/aromatic N) is 5. The summed E-state index contributed by atoms with van der Waals surface area (Å²) in [6.07, 6.45) is 11.2. The van der Waals surface area contributed by atoms with E-state index in [4.69, 9.17) is 5.73 Å². The van der Waals surface area contributed by atoms with Crippen LogP contribution in [0.2, 0.25) is 0 Å². The molecule has 0 aliphatic carbocycles. The minimum Gasteiger partial charge on any atom is -0.324 e. The van der Waals surface area contributed by atoms with Crippen molar-refractivity contribution in [3.8, 4) is 22.5 Å². The molecule has 0 fully saturated rings. The summed E-state index contributed by atoms with van der Waals surface area (Å²) in [4.78, 5) is 47.9. The number of imidazole rings is 2. The minimum atomic E-state index is 0.0948. The van der Waals surface area contributed by atoms with E-state index in [0.717, 1.165) is 67.9 Å². The van der Waals surface area contributed by atoms with Gasteiger partial charge in [0.15, 0.2) is 17.9 Å². The molecule has 0 saturated carbocycles. The number of hydrogen-bond acceptors (Lipinski definition) is 7. The summed E-state index contributed by atoms with van der Waals surface area (Å²) in [5.41, 5.74) is 22.0. The smallest absolute Gasteiger partial charge is 0.158 e. The zero-order chi connectivity index (χ0) is 43.5. The second-order valence-electron chi connectivity index (χ2n) is 15.4. The second kappa shape index (κ2) is 20.2. The number of aliphatic imine (C=N–C) groups is 1. The maximum absolute atomic E-state index is 12.4. The Hall–Kier alpha value is -7.10. The molecule has 0 radical (unpaired) electrons. The van der Waals surface area contributed by atoms with Crippen molar-refractivity contribution in [2.45, 2.75) is 54.4 Å². The van der Waals surface area contributed by atoms with Gasteiger partial charge in [0.05, 0.1) is 24.5 Å². The molecular formula is C52H52N6O3. The highest BCUT2D eigenvalue weighted by molar-refractivity contribution is 5.87. The van der Waals surface area contributed by atoms with Crippen LogP contribution in [-0.2, 0) is 22.4 Å². The number of carbonyl (C=O) groups excluding carboxylic acids is 3. The Labute approximate surface area is 357 Å². The Kier molecular flexibility index (Phi) is 14.4. The first kappa shape index (κ1) is 43.5. The number of Topliss-reactive ketones (excluding diaryl/α,β-unsaturated/α-hetero) is 2. The topological polar surface area (TPSA) is 124 Å². The van der Waals surface area contributed by atoms with Gasteiger partial charge < -0.3 is 14.5 Å². The molecule has 0 spiro atoms. The monoisotopic (exact) mass is 808 g/mol. The average Bonchev–Trinajstić information content (AvgIpc) is 3.89. The molecule has 9 nitrogen and oxygen atoms in total. The molecule has 0 aliphatic rings. The molecule has 0 amide bonds. The third-order valence-electron chi connectivity index (χ3n) is 10.6. The number of fused-ring (bicyclic) bond motifs is 2. The van der Waals surface area contributed by atoms with Crippen LogP contribution in [0.4, 0.5) is 0 Å². The summed E-state index contributed by atoms with van der Waals surface area (Å²) in [6, 6.07) is 36.3. The highest BCUT2D eigenvalue weighted by Gasteiger charge is 2.10. The summed E-state index contributed by atoms with van der Waals surface area (Å²) in [5, 5.41) is 0. The lowest BCUT2D eigenvalue weighted by Gasteiger charge is -2.07. The Morgan fingerprint density at radius 2 is 0.984 bits per heavy atom. The van der Waals surface area contributed by atoms with E-state index in [-0.39, 0.29) is 24.7 Å². The van der Waals surface area contributed by atoms with Crippen LogP contribution >= 0.6 is 0 Å². The van der Waals surface area contributed by atoms with Crippen molar-refractivity contribution in [1.82, 2.24) is 18.8 Å². The van der Waals surface area contributed by atoms with Gasteiger partial charge in [0.25, 0.3) is 0 Å². The quantitative estimate of drug-likeness (QED) is 0.103. The summed E-state index contributed by atoms with van der Waals surface area (Å²) in [7, 11) is 0. The number of hydrogen-bond donors (Lipinski definition) is 1. The van der Waals surface area contributed by atoms with E-state index >= 15 is 0 Å². The number of benzene rings is 4. The first-order chi connectivity index (χ1) is 29.4. The van der Waals surface area contributed by atoms with E-state index in [1.54, 1.807) is 18.5 Å². The van der Waals surface area contributed by atoms with Crippen LogP contribution < -0.4 is 5.73 Å². The van der Waals surface area contributed by atoms with Crippen molar-refractivity contribution >= 4 is 35.4 Å². The number of nitrogens with two attached hydrogens (primary N) is 1. The Bertz CT molecular complexity index is 2790. The second-order valence-corrected chi connectivity index (χ2v) is 15.4. The molecule has 0 aliphatic heterocycles. The van der Waals surface area contributed by atoms with Gasteiger partial charge >= 0.3 is 0 Å². The maximum atomic E-state index is 12.4. The molecule has 0 bridgehead atoms. The molecule has 4 aromatic carbocycles. The normalized spacial score (nSPS) is 10.9. The van der Waals surface area contributed by atoms with E-state index in [1.165, 1.54) is 22.3 Å². The average molecular weight is 809 g/mol. The van der Waals surface area contributed by atoms with Crippen LogP contribution in [0.1, 0.15) is 60.4 Å². The number of rotatable bonds is 11. The van der Waals surface area contributed by atoms with Crippen LogP contribution in [-0.4, -0.2) is 55.9 Å². The van der Waals surface area contributed by atoms with Crippen molar-refractivity contribution < 1.29 is 14.4 Å². The standard InChI is InChI=1S/C26H25N3O.C15H12N2O.C11H15NO/c1-18-7-10-22(11-8-18)25-17-29-16-21(9-12-26(29)28-25)14-27-15-23(30)13-24-19(2)5-4-6-20(24)3;1-11-2-5-13(6-3-11)14-9-17-8-12(10-18)4-7-15(17)16-14;1-8-4-3-5-9(2)11(8)6-10(13)7-12/h4-12,14,16-17H,13,15H2,1-3H3;2-10H,1H3;3-5H,6-7,12H2,1-2H3. The molecule has 0 saturated heterocycles. The van der Waals surface area contributed by atoms with E-state index in [1.807, 2.05) is 110 Å². The lowest BCUT2D eigenvalue weighted by Crippen LogP contribution is -2.16. The van der Waals surface area contributed by atoms with Crippen LogP contribution in [0.3, 0.4) is 0 Å². The van der Waals surface area contributed by atoms with Crippen LogP contribution in [0.5, 0.6) is 0 Å². The van der Waals surface area contributed by atoms with Crippen molar-refractivity contribution in [1.29, 1.82) is 0 Å². The fourth-order valence-corrected chi connectivity index (χ4v) is 6.92. The van der Waals surface area contributed by atoms with Gasteiger partial charge in [0, 0.05) is 66.1 Å². The number of ketones is 2. The minimum absolute atomic E-state index is 0.0948. The van der Waals surface area contributed by atoms with Crippen molar-refractivity contribution in [2.24, 2.45) is 10.7 Å². The van der Waals surface area contributed by atoms with Gasteiger partial charge in [-0.25, -0.2) is 9.97 Å². The van der Waals surface area contributed by atoms with E-state index in [9.17, 15) is 14.4 Å². The third-order valence-corrected chi connectivity index (χ3v) is 10.6. The molecular weight excluding hydrogens is 757 g/mol. The Balaban J connectivity index is 0.000000170. The maximum Gasteiger partial charge on any atom is 0.158 e. The van der Waals surface area contributed by atoms with Gasteiger partial charge in [-0.1, -0.05) is 96.1 Å². The van der Waals surface area contributed by atoms with Crippen LogP contribution in [0, 0.1) is 41.5 Å². The number of aryl methyl sites for hydroxylation is 6. The zero-order valence-corrected chi connectivity index (χ0v) is 35.7. The first-order valence-electron chi connectivity index (χ1n) is 20.3. The molecule has 2 N–H and O–H groups in total. The first-order valence-corrected chi connectivity index (χ1v) is 20.3. The number of pyridine rings is 2. The van der Waals surface area contributed by atoms with E-state index < -0.39 is 0 Å². The Morgan fingerprint density at radius 3 is 1.43 bits per heavy atom. The molecule has 0 unspecified atom stereocenters. The van der Waals surface area contributed by atoms with E-state index in [2.05, 4.69) is 77.3 Å². The Morgan fingerprint density at radius 1 is 0.557 bits per heavy atom. The van der Waals surface area contributed by atoms with Crippen molar-refractivity contribution in [2.75, 3.05) is 13.1 Å². The largest absolute Gasteiger partial charge is 0.324 e. The summed E-state index contributed by atoms with van der Waals surface area (Å²) >= 11 is 0. The van der Waals surface area contributed by atoms with Crippen molar-refractivity contribution in [3.05, 3.63) is 190 Å². The predicted molar refractivity (Wildman–Crippen MR) is 247 cm³/mol. The molecule has 8 rings (SSSR count). The van der Waals surface area contributed by atoms with Gasteiger partial charge in [-0.05, 0) is 99.2 Å². The number of aromatic nitrogens is 4. The fraction of sp³-hybridized carbons (Fsp3) is 0.192. The fourth-order valence-electron chi connectivity index (χ4n) is 6.92.